The largest absolute Gasteiger partial charge is 0.383 e. The summed E-state index contributed by atoms with van der Waals surface area (Å²) in [7, 11) is 0. The summed E-state index contributed by atoms with van der Waals surface area (Å²) in [6.07, 6.45) is 2.66. The fourth-order valence-electron chi connectivity index (χ4n) is 1.72. The molecule has 3 nitrogen and oxygen atoms in total. The van der Waals surface area contributed by atoms with Crippen LogP contribution < -0.4 is 5.73 Å². The Hall–Kier alpha value is -1.22. The van der Waals surface area contributed by atoms with Gasteiger partial charge in [0.1, 0.15) is 11.5 Å². The molecule has 86 valence electrons. The van der Waals surface area contributed by atoms with Crippen LogP contribution in [0.3, 0.4) is 0 Å². The molecule has 2 heterocycles. The molecule has 0 aliphatic rings. The van der Waals surface area contributed by atoms with E-state index in [1.165, 1.54) is 0 Å². The summed E-state index contributed by atoms with van der Waals surface area (Å²) in [5.74, 6) is 0.687. The van der Waals surface area contributed by atoms with Crippen LogP contribution in [0.2, 0.25) is 5.02 Å². The summed E-state index contributed by atoms with van der Waals surface area (Å²) >= 11 is 5.93. The Labute approximate surface area is 100 Å². The fourth-order valence-corrected chi connectivity index (χ4v) is 1.88. The Kier molecular flexibility index (Phi) is 2.58. The summed E-state index contributed by atoms with van der Waals surface area (Å²) < 4.78 is 1.84. The van der Waals surface area contributed by atoms with Crippen molar-refractivity contribution >= 4 is 23.1 Å². The summed E-state index contributed by atoms with van der Waals surface area (Å²) in [5.41, 5.74) is 8.02. The number of halogens is 1. The molecule has 2 aromatic heterocycles. The maximum absolute atomic E-state index is 6.06. The summed E-state index contributed by atoms with van der Waals surface area (Å²) in [4.78, 5) is 4.52. The van der Waals surface area contributed by atoms with Gasteiger partial charge in [-0.05, 0) is 24.0 Å². The van der Waals surface area contributed by atoms with Gasteiger partial charge in [-0.25, -0.2) is 4.98 Å². The van der Waals surface area contributed by atoms with Gasteiger partial charge >= 0.3 is 0 Å². The molecule has 0 fully saturated rings. The maximum Gasteiger partial charge on any atom is 0.138 e. The minimum absolute atomic E-state index is 0.176. The summed E-state index contributed by atoms with van der Waals surface area (Å²) in [6, 6.07) is 3.70. The molecule has 16 heavy (non-hydrogen) atoms. The second-order valence-corrected chi connectivity index (χ2v) is 5.69. The first-order chi connectivity index (χ1) is 7.37. The molecule has 0 amide bonds. The van der Waals surface area contributed by atoms with E-state index in [0.29, 0.717) is 10.8 Å². The van der Waals surface area contributed by atoms with E-state index in [0.717, 1.165) is 17.8 Å². The second kappa shape index (κ2) is 3.67. The maximum atomic E-state index is 6.06. The van der Waals surface area contributed by atoms with E-state index in [1.807, 2.05) is 16.5 Å². The highest BCUT2D eigenvalue weighted by atomic mass is 35.5. The normalized spacial score (nSPS) is 12.2. The van der Waals surface area contributed by atoms with E-state index >= 15 is 0 Å². The Morgan fingerprint density at radius 3 is 2.69 bits per heavy atom. The number of aromatic nitrogens is 2. The van der Waals surface area contributed by atoms with Crippen LogP contribution in [-0.4, -0.2) is 9.38 Å². The SMILES string of the molecule is CC(C)(C)Cc1nc2ccc(Cl)cn2c1N. The molecule has 0 aromatic carbocycles. The van der Waals surface area contributed by atoms with E-state index in [-0.39, 0.29) is 5.41 Å². The molecule has 0 aliphatic heterocycles. The Bertz CT molecular complexity index is 523. The molecule has 0 atom stereocenters. The van der Waals surface area contributed by atoms with Crippen LogP contribution in [0.25, 0.3) is 5.65 Å². The molecule has 0 spiro atoms. The number of nitrogens with zero attached hydrogens (tertiary/aromatic N) is 2. The predicted molar refractivity (Wildman–Crippen MR) is 67.8 cm³/mol. The van der Waals surface area contributed by atoms with E-state index < -0.39 is 0 Å². The van der Waals surface area contributed by atoms with Gasteiger partial charge in [-0.1, -0.05) is 32.4 Å². The minimum atomic E-state index is 0.176. The van der Waals surface area contributed by atoms with E-state index in [4.69, 9.17) is 17.3 Å². The number of pyridine rings is 1. The van der Waals surface area contributed by atoms with E-state index in [9.17, 15) is 0 Å². The van der Waals surface area contributed by atoms with Crippen molar-refractivity contribution < 1.29 is 0 Å². The molecule has 0 unspecified atom stereocenters. The smallest absolute Gasteiger partial charge is 0.138 e. The fraction of sp³-hybridized carbons (Fsp3) is 0.417. The molecule has 0 saturated heterocycles. The lowest BCUT2D eigenvalue weighted by atomic mass is 9.90. The van der Waals surface area contributed by atoms with Crippen LogP contribution in [0.15, 0.2) is 18.3 Å². The number of fused-ring (bicyclic) bond motifs is 1. The number of nitrogens with two attached hydrogens (primary N) is 1. The summed E-state index contributed by atoms with van der Waals surface area (Å²) in [6.45, 7) is 6.51. The van der Waals surface area contributed by atoms with Crippen molar-refractivity contribution in [1.82, 2.24) is 9.38 Å². The standard InChI is InChI=1S/C12H16ClN3/c1-12(2,3)6-9-11(14)16-7-8(13)4-5-10(16)15-9/h4-5,7H,6,14H2,1-3H3. The third-order valence-corrected chi connectivity index (χ3v) is 2.62. The van der Waals surface area contributed by atoms with E-state index in [1.54, 1.807) is 6.20 Å². The number of hydrogen-bond donors (Lipinski definition) is 1. The number of rotatable bonds is 1. The lowest BCUT2D eigenvalue weighted by Gasteiger charge is -2.16. The number of imidazole rings is 1. The minimum Gasteiger partial charge on any atom is -0.383 e. The molecule has 0 saturated carbocycles. The Balaban J connectivity index is 2.52. The van der Waals surface area contributed by atoms with Crippen molar-refractivity contribution in [2.45, 2.75) is 27.2 Å². The number of nitrogen functional groups attached to an aromatic ring is 1. The zero-order valence-corrected chi connectivity index (χ0v) is 10.5. The van der Waals surface area contributed by atoms with E-state index in [2.05, 4.69) is 25.8 Å². The number of hydrogen-bond acceptors (Lipinski definition) is 2. The van der Waals surface area contributed by atoms with Crippen molar-refractivity contribution in [3.63, 3.8) is 0 Å². The van der Waals surface area contributed by atoms with Crippen LogP contribution in [0.4, 0.5) is 5.82 Å². The van der Waals surface area contributed by atoms with Gasteiger partial charge in [0.15, 0.2) is 0 Å². The third-order valence-electron chi connectivity index (χ3n) is 2.39. The predicted octanol–water partition coefficient (Wildman–Crippen LogP) is 3.16. The van der Waals surface area contributed by atoms with Crippen molar-refractivity contribution in [3.8, 4) is 0 Å². The van der Waals surface area contributed by atoms with Gasteiger partial charge in [0, 0.05) is 6.20 Å². The van der Waals surface area contributed by atoms with Crippen LogP contribution in [-0.2, 0) is 6.42 Å². The zero-order valence-electron chi connectivity index (χ0n) is 9.79. The monoisotopic (exact) mass is 237 g/mol. The van der Waals surface area contributed by atoms with Crippen molar-refractivity contribution in [2.24, 2.45) is 5.41 Å². The molecule has 2 rings (SSSR count). The number of anilines is 1. The molecule has 0 aliphatic carbocycles. The molecule has 0 bridgehead atoms. The first-order valence-electron chi connectivity index (χ1n) is 5.29. The third kappa shape index (κ3) is 2.14. The molecule has 0 radical (unpaired) electrons. The highest BCUT2D eigenvalue weighted by Crippen LogP contribution is 2.25. The zero-order chi connectivity index (χ0) is 11.9. The lowest BCUT2D eigenvalue weighted by Crippen LogP contribution is -2.11. The Morgan fingerprint density at radius 2 is 2.06 bits per heavy atom. The second-order valence-electron chi connectivity index (χ2n) is 5.26. The molecule has 4 heteroatoms. The van der Waals surface area contributed by atoms with Gasteiger partial charge in [-0.3, -0.25) is 4.40 Å². The van der Waals surface area contributed by atoms with Gasteiger partial charge in [-0.15, -0.1) is 0 Å². The molecular weight excluding hydrogens is 222 g/mol. The van der Waals surface area contributed by atoms with Gasteiger partial charge in [0.25, 0.3) is 0 Å². The average Bonchev–Trinajstić information content (AvgIpc) is 2.42. The Morgan fingerprint density at radius 1 is 1.38 bits per heavy atom. The van der Waals surface area contributed by atoms with Gasteiger partial charge in [0.2, 0.25) is 0 Å². The topological polar surface area (TPSA) is 43.3 Å². The lowest BCUT2D eigenvalue weighted by molar-refractivity contribution is 0.408. The first-order valence-corrected chi connectivity index (χ1v) is 5.66. The van der Waals surface area contributed by atoms with Gasteiger partial charge < -0.3 is 5.73 Å². The highest BCUT2D eigenvalue weighted by Gasteiger charge is 2.17. The van der Waals surface area contributed by atoms with Gasteiger partial charge in [-0.2, -0.15) is 0 Å². The van der Waals surface area contributed by atoms with Crippen molar-refractivity contribution in [1.29, 1.82) is 0 Å². The molecule has 2 N–H and O–H groups in total. The van der Waals surface area contributed by atoms with Crippen LogP contribution >= 0.6 is 11.6 Å². The van der Waals surface area contributed by atoms with Crippen LogP contribution in [0.1, 0.15) is 26.5 Å². The first kappa shape index (κ1) is 11.3. The quantitative estimate of drug-likeness (QED) is 0.828. The van der Waals surface area contributed by atoms with Gasteiger partial charge in [0.05, 0.1) is 10.7 Å². The van der Waals surface area contributed by atoms with Crippen LogP contribution in [0.5, 0.6) is 0 Å². The van der Waals surface area contributed by atoms with Crippen molar-refractivity contribution in [2.75, 3.05) is 5.73 Å². The molecule has 2 aromatic rings. The average molecular weight is 238 g/mol. The van der Waals surface area contributed by atoms with Crippen LogP contribution in [0, 0.1) is 5.41 Å². The molecular formula is C12H16ClN3. The van der Waals surface area contributed by atoms with Crippen molar-refractivity contribution in [3.05, 3.63) is 29.0 Å². The highest BCUT2D eigenvalue weighted by molar-refractivity contribution is 6.30. The summed E-state index contributed by atoms with van der Waals surface area (Å²) in [5, 5.41) is 0.666.